The Morgan fingerprint density at radius 2 is 2.00 bits per heavy atom. The molecule has 2 N–H and O–H groups in total. The Morgan fingerprint density at radius 3 is 2.53 bits per heavy atom. The maximum absolute atomic E-state index is 11.6. The van der Waals surface area contributed by atoms with Crippen molar-refractivity contribution in [1.82, 2.24) is 5.32 Å². The highest BCUT2D eigenvalue weighted by Gasteiger charge is 2.13. The summed E-state index contributed by atoms with van der Waals surface area (Å²) in [5.74, 6) is 0.679. The molecule has 5 heteroatoms. The molecule has 0 radical (unpaired) electrons. The number of carbonyl (C=O) groups excluding carboxylic acids is 1. The van der Waals surface area contributed by atoms with Gasteiger partial charge in [0, 0.05) is 17.3 Å². The highest BCUT2D eigenvalue weighted by Crippen LogP contribution is 2.27. The molecule has 1 aromatic rings. The molecule has 0 unspecified atom stereocenters. The second-order valence-corrected chi connectivity index (χ2v) is 5.53. The zero-order valence-electron chi connectivity index (χ0n) is 10.4. The minimum Gasteiger partial charge on any atom is -0.495 e. The van der Waals surface area contributed by atoms with E-state index in [1.807, 2.05) is 26.8 Å². The Kier molecular flexibility index (Phi) is 4.40. The number of amides is 2. The second kappa shape index (κ2) is 5.40. The number of benzene rings is 1. The van der Waals surface area contributed by atoms with Gasteiger partial charge in [0.2, 0.25) is 0 Å². The molecule has 0 atom stereocenters. The van der Waals surface area contributed by atoms with Crippen molar-refractivity contribution >= 4 is 27.6 Å². The van der Waals surface area contributed by atoms with Crippen molar-refractivity contribution in [3.8, 4) is 5.75 Å². The van der Waals surface area contributed by atoms with Gasteiger partial charge in [0.05, 0.1) is 11.6 Å². The van der Waals surface area contributed by atoms with Gasteiger partial charge < -0.3 is 15.4 Å². The van der Waals surface area contributed by atoms with Crippen LogP contribution in [0.2, 0.25) is 0 Å². The lowest BCUT2D eigenvalue weighted by atomic mass is 10.1. The number of hydrogen-bond donors (Lipinski definition) is 2. The smallest absolute Gasteiger partial charge is 0.319 e. The van der Waals surface area contributed by atoms with Crippen LogP contribution in [0, 0.1) is 0 Å². The van der Waals surface area contributed by atoms with E-state index in [1.54, 1.807) is 19.2 Å². The maximum atomic E-state index is 11.6. The number of ether oxygens (including phenoxy) is 1. The Hall–Kier alpha value is -1.23. The van der Waals surface area contributed by atoms with E-state index in [2.05, 4.69) is 26.6 Å². The lowest BCUT2D eigenvalue weighted by molar-refractivity contribution is 0.244. The van der Waals surface area contributed by atoms with Crippen molar-refractivity contribution in [3.63, 3.8) is 0 Å². The molecule has 1 rings (SSSR count). The van der Waals surface area contributed by atoms with Gasteiger partial charge >= 0.3 is 6.03 Å². The third-order valence-corrected chi connectivity index (χ3v) is 2.55. The maximum Gasteiger partial charge on any atom is 0.319 e. The summed E-state index contributed by atoms with van der Waals surface area (Å²) in [6.45, 7) is 5.78. The molecule has 0 aliphatic heterocycles. The van der Waals surface area contributed by atoms with Gasteiger partial charge in [0.15, 0.2) is 0 Å². The molecule has 0 fully saturated rings. The molecular weight excluding hydrogens is 284 g/mol. The van der Waals surface area contributed by atoms with Crippen LogP contribution < -0.4 is 15.4 Å². The molecule has 0 bridgehead atoms. The summed E-state index contributed by atoms with van der Waals surface area (Å²) >= 11 is 3.35. The zero-order chi connectivity index (χ0) is 13.1. The fourth-order valence-corrected chi connectivity index (χ4v) is 1.65. The highest BCUT2D eigenvalue weighted by molar-refractivity contribution is 9.10. The number of rotatable bonds is 2. The zero-order valence-corrected chi connectivity index (χ0v) is 12.0. The molecule has 0 saturated carbocycles. The van der Waals surface area contributed by atoms with E-state index < -0.39 is 0 Å². The molecule has 94 valence electrons. The number of anilines is 1. The number of hydrogen-bond acceptors (Lipinski definition) is 2. The molecule has 0 aromatic heterocycles. The summed E-state index contributed by atoms with van der Waals surface area (Å²) in [5, 5.41) is 5.57. The van der Waals surface area contributed by atoms with Crippen LogP contribution in [0.25, 0.3) is 0 Å². The van der Waals surface area contributed by atoms with Crippen LogP contribution in [0.5, 0.6) is 5.75 Å². The average molecular weight is 301 g/mol. The van der Waals surface area contributed by atoms with E-state index in [9.17, 15) is 4.79 Å². The largest absolute Gasteiger partial charge is 0.495 e. The van der Waals surface area contributed by atoms with Gasteiger partial charge in [-0.25, -0.2) is 4.79 Å². The van der Waals surface area contributed by atoms with Gasteiger partial charge in [0.1, 0.15) is 5.75 Å². The topological polar surface area (TPSA) is 50.4 Å². The summed E-state index contributed by atoms with van der Waals surface area (Å²) in [6, 6.07) is 5.15. The van der Waals surface area contributed by atoms with Crippen LogP contribution in [0.1, 0.15) is 20.8 Å². The first-order chi connectivity index (χ1) is 7.81. The SMILES string of the molecule is COc1cc(NC(=O)NC(C)(C)C)ccc1Br. The number of methoxy groups -OCH3 is 1. The number of urea groups is 1. The first-order valence-electron chi connectivity index (χ1n) is 5.24. The van der Waals surface area contributed by atoms with Gasteiger partial charge in [0.25, 0.3) is 0 Å². The van der Waals surface area contributed by atoms with Gasteiger partial charge in [-0.2, -0.15) is 0 Å². The molecule has 0 spiro atoms. The molecule has 0 aliphatic rings. The highest BCUT2D eigenvalue weighted by atomic mass is 79.9. The van der Waals surface area contributed by atoms with Gasteiger partial charge in [-0.05, 0) is 48.8 Å². The van der Waals surface area contributed by atoms with Gasteiger partial charge in [-0.1, -0.05) is 0 Å². The van der Waals surface area contributed by atoms with Crippen molar-refractivity contribution in [2.24, 2.45) is 0 Å². The fourth-order valence-electron chi connectivity index (χ4n) is 1.24. The second-order valence-electron chi connectivity index (χ2n) is 4.68. The summed E-state index contributed by atoms with van der Waals surface area (Å²) < 4.78 is 6.00. The molecule has 0 saturated heterocycles. The molecule has 4 nitrogen and oxygen atoms in total. The van der Waals surface area contributed by atoms with Gasteiger partial charge in [-0.3, -0.25) is 0 Å². The van der Waals surface area contributed by atoms with Crippen molar-refractivity contribution < 1.29 is 9.53 Å². The van der Waals surface area contributed by atoms with Crippen LogP contribution in [-0.2, 0) is 0 Å². The third-order valence-electron chi connectivity index (χ3n) is 1.90. The summed E-state index contributed by atoms with van der Waals surface area (Å²) in [7, 11) is 1.58. The van der Waals surface area contributed by atoms with Crippen molar-refractivity contribution in [2.45, 2.75) is 26.3 Å². The Bertz CT molecular complexity index is 413. The van der Waals surface area contributed by atoms with Crippen molar-refractivity contribution in [3.05, 3.63) is 22.7 Å². The molecule has 0 heterocycles. The Labute approximate surface area is 110 Å². The third kappa shape index (κ3) is 4.65. The summed E-state index contributed by atoms with van der Waals surface area (Å²) in [5.41, 5.74) is 0.426. The van der Waals surface area contributed by atoms with E-state index in [-0.39, 0.29) is 11.6 Å². The van der Waals surface area contributed by atoms with Crippen molar-refractivity contribution in [1.29, 1.82) is 0 Å². The number of carbonyl (C=O) groups is 1. The first kappa shape index (κ1) is 13.8. The molecule has 17 heavy (non-hydrogen) atoms. The van der Waals surface area contributed by atoms with Crippen molar-refractivity contribution in [2.75, 3.05) is 12.4 Å². The number of halogens is 1. The summed E-state index contributed by atoms with van der Waals surface area (Å²) in [6.07, 6.45) is 0. The summed E-state index contributed by atoms with van der Waals surface area (Å²) in [4.78, 5) is 11.6. The first-order valence-corrected chi connectivity index (χ1v) is 6.04. The predicted molar refractivity (Wildman–Crippen MR) is 72.6 cm³/mol. The normalized spacial score (nSPS) is 10.9. The standard InChI is InChI=1S/C12H17BrN2O2/c1-12(2,3)15-11(16)14-8-5-6-9(13)10(7-8)17-4/h5-7H,1-4H3,(H2,14,15,16). The van der Waals surface area contributed by atoms with Crippen LogP contribution in [0.15, 0.2) is 22.7 Å². The Morgan fingerprint density at radius 1 is 1.35 bits per heavy atom. The monoisotopic (exact) mass is 300 g/mol. The van der Waals surface area contributed by atoms with E-state index in [4.69, 9.17) is 4.74 Å². The van der Waals surface area contributed by atoms with E-state index in [0.29, 0.717) is 11.4 Å². The Balaban J connectivity index is 2.72. The minimum atomic E-state index is -0.260. The lowest BCUT2D eigenvalue weighted by Gasteiger charge is -2.20. The fraction of sp³-hybridized carbons (Fsp3) is 0.417. The van der Waals surface area contributed by atoms with Crippen LogP contribution in [0.4, 0.5) is 10.5 Å². The predicted octanol–water partition coefficient (Wildman–Crippen LogP) is 3.38. The number of nitrogens with one attached hydrogen (secondary N) is 2. The average Bonchev–Trinajstić information content (AvgIpc) is 2.18. The molecule has 2 amide bonds. The quantitative estimate of drug-likeness (QED) is 0.880. The van der Waals surface area contributed by atoms with E-state index in [1.165, 1.54) is 0 Å². The molecular formula is C12H17BrN2O2. The van der Waals surface area contributed by atoms with Crippen LogP contribution >= 0.6 is 15.9 Å². The molecule has 0 aliphatic carbocycles. The van der Waals surface area contributed by atoms with Crippen LogP contribution in [-0.4, -0.2) is 18.7 Å². The van der Waals surface area contributed by atoms with E-state index in [0.717, 1.165) is 4.47 Å². The van der Waals surface area contributed by atoms with Crippen LogP contribution in [0.3, 0.4) is 0 Å². The van der Waals surface area contributed by atoms with Gasteiger partial charge in [-0.15, -0.1) is 0 Å². The lowest BCUT2D eigenvalue weighted by Crippen LogP contribution is -2.43. The minimum absolute atomic E-state index is 0.234. The molecule has 1 aromatic carbocycles. The van der Waals surface area contributed by atoms with E-state index >= 15 is 0 Å².